The Morgan fingerprint density at radius 2 is 2.00 bits per heavy atom. The fraction of sp³-hybridized carbons (Fsp3) is 0.474. The van der Waals surface area contributed by atoms with Gasteiger partial charge in [-0.15, -0.1) is 0 Å². The van der Waals surface area contributed by atoms with Crippen molar-refractivity contribution < 1.29 is 35.2 Å². The molecule has 0 radical (unpaired) electrons. The van der Waals surface area contributed by atoms with E-state index >= 15 is 0 Å². The van der Waals surface area contributed by atoms with E-state index in [4.69, 9.17) is 4.84 Å². The molecule has 0 amide bonds. The third kappa shape index (κ3) is 5.66. The van der Waals surface area contributed by atoms with Crippen molar-refractivity contribution in [2.75, 3.05) is 29.4 Å². The van der Waals surface area contributed by atoms with Gasteiger partial charge in [0.25, 0.3) is 0 Å². The van der Waals surface area contributed by atoms with E-state index in [2.05, 4.69) is 41.5 Å². The van der Waals surface area contributed by atoms with Crippen LogP contribution in [0.15, 0.2) is 44.1 Å². The molecule has 0 bridgehead atoms. The number of rotatable bonds is 9. The average Bonchev–Trinajstić information content (AvgIpc) is 3.23. The highest BCUT2D eigenvalue weighted by Gasteiger charge is 2.62. The van der Waals surface area contributed by atoms with Gasteiger partial charge in [-0.25, -0.2) is 23.4 Å². The molecule has 0 aromatic carbocycles. The number of amidine groups is 2. The van der Waals surface area contributed by atoms with Crippen LogP contribution in [0.25, 0.3) is 0 Å². The molecule has 3 heterocycles. The van der Waals surface area contributed by atoms with Gasteiger partial charge in [-0.05, 0) is 41.3 Å². The molecule has 0 spiro atoms. The fourth-order valence-corrected chi connectivity index (χ4v) is 4.58. The maximum Gasteiger partial charge on any atom is 0.461 e. The van der Waals surface area contributed by atoms with Crippen molar-refractivity contribution in [3.63, 3.8) is 0 Å². The monoisotopic (exact) mass is 618 g/mol. The summed E-state index contributed by atoms with van der Waals surface area (Å²) in [7, 11) is -3.88. The summed E-state index contributed by atoms with van der Waals surface area (Å²) in [4.78, 5) is 15.8. The Hall–Kier alpha value is -2.27. The van der Waals surface area contributed by atoms with Crippen molar-refractivity contribution in [3.8, 4) is 0 Å². The number of hydrogen-bond acceptors (Lipinski definition) is 10. The summed E-state index contributed by atoms with van der Waals surface area (Å²) in [6, 6.07) is 0.550. The summed E-state index contributed by atoms with van der Waals surface area (Å²) in [6.07, 6.45) is -1.42. The fourth-order valence-electron chi connectivity index (χ4n) is 2.98. The number of oxime groups is 1. The zero-order chi connectivity index (χ0) is 26.9. The second kappa shape index (κ2) is 10.6. The Morgan fingerprint density at radius 3 is 2.61 bits per heavy atom. The first-order valence-corrected chi connectivity index (χ1v) is 14.0. The van der Waals surface area contributed by atoms with Crippen molar-refractivity contribution in [2.24, 2.45) is 15.1 Å². The molecule has 2 aliphatic heterocycles. The van der Waals surface area contributed by atoms with Crippen molar-refractivity contribution in [3.05, 3.63) is 29.6 Å². The van der Waals surface area contributed by atoms with Gasteiger partial charge in [0.05, 0.1) is 11.8 Å². The molecule has 1 aromatic rings. The van der Waals surface area contributed by atoms with E-state index in [9.17, 15) is 30.4 Å². The molecule has 17 heteroatoms. The predicted molar refractivity (Wildman–Crippen MR) is 131 cm³/mol. The quantitative estimate of drug-likeness (QED) is 0.193. The van der Waals surface area contributed by atoms with Gasteiger partial charge in [-0.3, -0.25) is 10.4 Å². The molecule has 2 aliphatic rings. The summed E-state index contributed by atoms with van der Waals surface area (Å²) in [5.41, 5.74) is 2.62. The van der Waals surface area contributed by atoms with Crippen LogP contribution in [0, 0.1) is 0 Å². The lowest BCUT2D eigenvalue weighted by Crippen LogP contribution is -2.51. The summed E-state index contributed by atoms with van der Waals surface area (Å²) in [5.74, 6) is -7.11. The Morgan fingerprint density at radius 1 is 1.31 bits per heavy atom. The van der Waals surface area contributed by atoms with Crippen LogP contribution >= 0.6 is 27.7 Å². The molecule has 0 fully saturated rings. The zero-order valence-corrected chi connectivity index (χ0v) is 22.2. The standard InChI is InChI=1S/C19H20BrF5N6O3S2/c1-4-36(32,33)13-8-11(14(20)30-34-5-6-35-3)9-26-16(13)31-10(2)7-12-15(29-31)28-17(27-12)18(21,22)19(23,24)25/h7-10H,4-6H2,1-3H3,(H,27,28,29). The highest BCUT2D eigenvalue weighted by molar-refractivity contribution is 9.18. The number of aliphatic imine (C=N–C) groups is 2. The lowest BCUT2D eigenvalue weighted by atomic mass is 10.2. The van der Waals surface area contributed by atoms with Crippen molar-refractivity contribution in [1.29, 1.82) is 0 Å². The number of alkyl halides is 5. The highest BCUT2D eigenvalue weighted by atomic mass is 79.9. The zero-order valence-electron chi connectivity index (χ0n) is 19.0. The molecule has 3 rings (SSSR count). The van der Waals surface area contributed by atoms with Crippen LogP contribution in [0.1, 0.15) is 19.4 Å². The van der Waals surface area contributed by atoms with Gasteiger partial charge in [-0.1, -0.05) is 12.1 Å². The number of nitrogens with one attached hydrogen (secondary N) is 1. The molecule has 36 heavy (non-hydrogen) atoms. The summed E-state index contributed by atoms with van der Waals surface area (Å²) in [6.45, 7) is 3.29. The number of pyridine rings is 1. The van der Waals surface area contributed by atoms with Crippen molar-refractivity contribution >= 4 is 59.6 Å². The maximum absolute atomic E-state index is 13.8. The van der Waals surface area contributed by atoms with E-state index in [-0.39, 0.29) is 32.3 Å². The lowest BCUT2D eigenvalue weighted by molar-refractivity contribution is -0.249. The number of aromatic nitrogens is 1. The van der Waals surface area contributed by atoms with Crippen LogP contribution in [0.4, 0.5) is 27.8 Å². The Labute approximate surface area is 216 Å². The summed E-state index contributed by atoms with van der Waals surface area (Å²) >= 11 is 4.77. The van der Waals surface area contributed by atoms with E-state index in [1.54, 1.807) is 18.7 Å². The van der Waals surface area contributed by atoms with Gasteiger partial charge in [0.15, 0.2) is 26.1 Å². The first kappa shape index (κ1) is 28.3. The van der Waals surface area contributed by atoms with Gasteiger partial charge in [0.1, 0.15) is 17.2 Å². The number of hydrazine groups is 1. The number of nitrogens with zero attached hydrogens (tertiary/aromatic N) is 5. The third-order valence-electron chi connectivity index (χ3n) is 4.89. The van der Waals surface area contributed by atoms with Crippen LogP contribution in [0.3, 0.4) is 0 Å². The van der Waals surface area contributed by atoms with Crippen LogP contribution < -0.4 is 10.4 Å². The first-order chi connectivity index (χ1) is 16.7. The number of sulfone groups is 1. The lowest BCUT2D eigenvalue weighted by Gasteiger charge is -2.34. The highest BCUT2D eigenvalue weighted by Crippen LogP contribution is 2.39. The number of halogens is 6. The molecule has 0 saturated carbocycles. The number of anilines is 1. The first-order valence-electron chi connectivity index (χ1n) is 10.2. The van der Waals surface area contributed by atoms with Crippen molar-refractivity contribution in [1.82, 2.24) is 10.4 Å². The summed E-state index contributed by atoms with van der Waals surface area (Å²) in [5, 5.41) is 5.08. The molecule has 1 N–H and O–H groups in total. The molecule has 0 aliphatic carbocycles. The normalized spacial score (nSPS) is 18.8. The molecule has 198 valence electrons. The van der Waals surface area contributed by atoms with Gasteiger partial charge in [0, 0.05) is 17.5 Å². The molecule has 9 nitrogen and oxygen atoms in total. The summed E-state index contributed by atoms with van der Waals surface area (Å²) < 4.78 is 91.8. The molecular weight excluding hydrogens is 599 g/mol. The number of fused-ring (bicyclic) bond motifs is 1. The third-order valence-corrected chi connectivity index (χ3v) is 7.80. The smallest absolute Gasteiger partial charge is 0.394 e. The largest absolute Gasteiger partial charge is 0.461 e. The average molecular weight is 619 g/mol. The van der Waals surface area contributed by atoms with Crippen LogP contribution in [-0.4, -0.2) is 72.2 Å². The van der Waals surface area contributed by atoms with Gasteiger partial charge >= 0.3 is 12.1 Å². The van der Waals surface area contributed by atoms with Crippen LogP contribution in [-0.2, 0) is 14.7 Å². The van der Waals surface area contributed by atoms with Crippen LogP contribution in [0.5, 0.6) is 0 Å². The van der Waals surface area contributed by atoms with E-state index in [0.29, 0.717) is 12.4 Å². The number of hydrogen-bond donors (Lipinski definition) is 1. The minimum atomic E-state index is -5.89. The molecule has 1 atom stereocenters. The molecule has 0 saturated heterocycles. The Kier molecular flexibility index (Phi) is 8.34. The predicted octanol–water partition coefficient (Wildman–Crippen LogP) is 3.92. The van der Waals surface area contributed by atoms with Crippen LogP contribution in [0.2, 0.25) is 0 Å². The second-order valence-electron chi connectivity index (χ2n) is 7.40. The Bertz CT molecular complexity index is 1250. The van der Waals surface area contributed by atoms with E-state index in [0.717, 1.165) is 0 Å². The minimum absolute atomic E-state index is 0.120. The Balaban J connectivity index is 1.99. The topological polar surface area (TPSA) is 109 Å². The van der Waals surface area contributed by atoms with Crippen molar-refractivity contribution in [2.45, 2.75) is 36.9 Å². The van der Waals surface area contributed by atoms with Gasteiger partial charge < -0.3 is 4.84 Å². The SMILES string of the molecule is CCS(=O)(=O)c1cc(C(Br)=NOCCSC)cnc1N1NC2=NC(C(F)(F)C(F)(F)F)=NC2=CC1C. The second-order valence-corrected chi connectivity index (χ2v) is 11.4. The van der Waals surface area contributed by atoms with Gasteiger partial charge in [-0.2, -0.15) is 33.7 Å². The van der Waals surface area contributed by atoms with Gasteiger partial charge in [0.2, 0.25) is 5.84 Å². The van der Waals surface area contributed by atoms with E-state index < -0.39 is 39.6 Å². The van der Waals surface area contributed by atoms with E-state index in [1.807, 2.05) is 6.26 Å². The molecule has 1 unspecified atom stereocenters. The van der Waals surface area contributed by atoms with E-state index in [1.165, 1.54) is 30.3 Å². The molecule has 1 aromatic heterocycles. The maximum atomic E-state index is 13.8. The number of thioether (sulfide) groups is 1. The minimum Gasteiger partial charge on any atom is -0.394 e. The molecular formula is C19H20BrF5N6O3S2.